The van der Waals surface area contributed by atoms with Crippen molar-refractivity contribution in [3.8, 4) is 0 Å². The maximum atomic E-state index is 11.8. The van der Waals surface area contributed by atoms with Gasteiger partial charge in [-0.15, -0.1) is 0 Å². The van der Waals surface area contributed by atoms with Crippen molar-refractivity contribution in [1.82, 2.24) is 10.1 Å². The van der Waals surface area contributed by atoms with Gasteiger partial charge in [0.25, 0.3) is 0 Å². The number of aromatic nitrogens is 2. The summed E-state index contributed by atoms with van der Waals surface area (Å²) in [6.07, 6.45) is 0.816. The summed E-state index contributed by atoms with van der Waals surface area (Å²) in [5.41, 5.74) is 1.48. The minimum atomic E-state index is -0.462. The standard InChI is InChI=1S/C16H20N2O3/c1-11-17-14(21-18-11)9-12-6-5-7-13(8-12)10-15(19)20-16(2,3)4/h5-8H,9-10H2,1-4H3. The quantitative estimate of drug-likeness (QED) is 0.809. The molecule has 1 aromatic carbocycles. The predicted octanol–water partition coefficient (Wildman–Crippen LogP) is 2.85. The highest BCUT2D eigenvalue weighted by atomic mass is 16.6. The van der Waals surface area contributed by atoms with Crippen LogP contribution >= 0.6 is 0 Å². The molecule has 112 valence electrons. The van der Waals surface area contributed by atoms with E-state index in [-0.39, 0.29) is 12.4 Å². The zero-order valence-electron chi connectivity index (χ0n) is 12.8. The molecule has 0 saturated heterocycles. The summed E-state index contributed by atoms with van der Waals surface area (Å²) in [6.45, 7) is 7.36. The molecule has 0 aliphatic rings. The predicted molar refractivity (Wildman–Crippen MR) is 77.8 cm³/mol. The van der Waals surface area contributed by atoms with E-state index in [0.717, 1.165) is 11.1 Å². The second-order valence-electron chi connectivity index (χ2n) is 6.00. The monoisotopic (exact) mass is 288 g/mol. The van der Waals surface area contributed by atoms with E-state index in [0.29, 0.717) is 18.1 Å². The average Bonchev–Trinajstić information content (AvgIpc) is 2.72. The van der Waals surface area contributed by atoms with Crippen molar-refractivity contribution in [3.05, 3.63) is 47.1 Å². The second-order valence-corrected chi connectivity index (χ2v) is 6.00. The summed E-state index contributed by atoms with van der Waals surface area (Å²) in [6, 6.07) is 7.76. The third-order valence-corrected chi connectivity index (χ3v) is 2.68. The maximum Gasteiger partial charge on any atom is 0.310 e. The fourth-order valence-electron chi connectivity index (χ4n) is 1.98. The van der Waals surface area contributed by atoms with Gasteiger partial charge in [-0.3, -0.25) is 4.79 Å². The van der Waals surface area contributed by atoms with Crippen molar-refractivity contribution in [1.29, 1.82) is 0 Å². The molecule has 0 unspecified atom stereocenters. The van der Waals surface area contributed by atoms with Crippen LogP contribution in [0.4, 0.5) is 0 Å². The van der Waals surface area contributed by atoms with Crippen LogP contribution in [0.25, 0.3) is 0 Å². The Kier molecular flexibility index (Phi) is 4.40. The number of esters is 1. The first kappa shape index (κ1) is 15.2. The van der Waals surface area contributed by atoms with E-state index in [9.17, 15) is 4.79 Å². The lowest BCUT2D eigenvalue weighted by Gasteiger charge is -2.19. The van der Waals surface area contributed by atoms with Gasteiger partial charge < -0.3 is 9.26 Å². The summed E-state index contributed by atoms with van der Waals surface area (Å²) in [7, 11) is 0. The molecule has 0 bridgehead atoms. The van der Waals surface area contributed by atoms with E-state index in [1.807, 2.05) is 45.0 Å². The largest absolute Gasteiger partial charge is 0.460 e. The number of ether oxygens (including phenoxy) is 1. The second kappa shape index (κ2) is 6.08. The number of carbonyl (C=O) groups is 1. The number of rotatable bonds is 4. The van der Waals surface area contributed by atoms with Crippen LogP contribution in [0, 0.1) is 6.92 Å². The molecule has 2 aromatic rings. The maximum absolute atomic E-state index is 11.8. The fourth-order valence-corrected chi connectivity index (χ4v) is 1.98. The number of hydrogen-bond acceptors (Lipinski definition) is 5. The van der Waals surface area contributed by atoms with Gasteiger partial charge in [-0.05, 0) is 38.8 Å². The molecular weight excluding hydrogens is 268 g/mol. The zero-order valence-corrected chi connectivity index (χ0v) is 12.8. The number of nitrogens with zero attached hydrogens (tertiary/aromatic N) is 2. The Hall–Kier alpha value is -2.17. The van der Waals surface area contributed by atoms with E-state index in [1.54, 1.807) is 6.92 Å². The normalized spacial score (nSPS) is 11.4. The van der Waals surface area contributed by atoms with Crippen LogP contribution in [0.15, 0.2) is 28.8 Å². The van der Waals surface area contributed by atoms with Gasteiger partial charge >= 0.3 is 5.97 Å². The van der Waals surface area contributed by atoms with Crippen molar-refractivity contribution < 1.29 is 14.1 Å². The van der Waals surface area contributed by atoms with Crippen LogP contribution in [-0.4, -0.2) is 21.7 Å². The molecule has 0 fully saturated rings. The summed E-state index contributed by atoms with van der Waals surface area (Å²) in [4.78, 5) is 16.0. The van der Waals surface area contributed by atoms with Gasteiger partial charge in [0.1, 0.15) is 5.60 Å². The first-order valence-corrected chi connectivity index (χ1v) is 6.91. The minimum Gasteiger partial charge on any atom is -0.460 e. The Morgan fingerprint density at radius 1 is 1.29 bits per heavy atom. The van der Waals surface area contributed by atoms with Crippen molar-refractivity contribution in [2.75, 3.05) is 0 Å². The van der Waals surface area contributed by atoms with Gasteiger partial charge in [-0.2, -0.15) is 4.98 Å². The van der Waals surface area contributed by atoms with Crippen molar-refractivity contribution in [3.63, 3.8) is 0 Å². The number of aryl methyl sites for hydroxylation is 1. The molecule has 0 aliphatic carbocycles. The molecule has 0 N–H and O–H groups in total. The highest BCUT2D eigenvalue weighted by Crippen LogP contribution is 2.13. The van der Waals surface area contributed by atoms with Crippen LogP contribution in [0.3, 0.4) is 0 Å². The molecule has 5 nitrogen and oxygen atoms in total. The highest BCUT2D eigenvalue weighted by molar-refractivity contribution is 5.73. The van der Waals surface area contributed by atoms with E-state index < -0.39 is 5.60 Å². The van der Waals surface area contributed by atoms with Crippen molar-refractivity contribution >= 4 is 5.97 Å². The molecule has 0 amide bonds. The number of carbonyl (C=O) groups excluding carboxylic acids is 1. The number of hydrogen-bond donors (Lipinski definition) is 0. The molecule has 0 radical (unpaired) electrons. The molecule has 1 aromatic heterocycles. The zero-order chi connectivity index (χ0) is 15.5. The van der Waals surface area contributed by atoms with Crippen molar-refractivity contribution in [2.45, 2.75) is 46.1 Å². The SMILES string of the molecule is Cc1noc(Cc2cccc(CC(=O)OC(C)(C)C)c2)n1. The van der Waals surface area contributed by atoms with Crippen LogP contribution in [0.5, 0.6) is 0 Å². The van der Waals surface area contributed by atoms with Crippen molar-refractivity contribution in [2.24, 2.45) is 0 Å². The van der Waals surface area contributed by atoms with Gasteiger partial charge in [0.05, 0.1) is 12.8 Å². The summed E-state index contributed by atoms with van der Waals surface area (Å²) in [5, 5.41) is 3.76. The lowest BCUT2D eigenvalue weighted by atomic mass is 10.1. The molecule has 5 heteroatoms. The Morgan fingerprint density at radius 2 is 2.00 bits per heavy atom. The van der Waals surface area contributed by atoms with Crippen LogP contribution < -0.4 is 0 Å². The lowest BCUT2D eigenvalue weighted by Crippen LogP contribution is -2.24. The Morgan fingerprint density at radius 3 is 2.62 bits per heavy atom. The van der Waals surface area contributed by atoms with Crippen LogP contribution in [-0.2, 0) is 22.4 Å². The van der Waals surface area contributed by atoms with E-state index in [1.165, 1.54) is 0 Å². The molecular formula is C16H20N2O3. The fraction of sp³-hybridized carbons (Fsp3) is 0.438. The number of benzene rings is 1. The molecule has 0 atom stereocenters. The third kappa shape index (κ3) is 5.02. The average molecular weight is 288 g/mol. The van der Waals surface area contributed by atoms with Gasteiger partial charge in [-0.25, -0.2) is 0 Å². The van der Waals surface area contributed by atoms with E-state index in [4.69, 9.17) is 9.26 Å². The smallest absolute Gasteiger partial charge is 0.310 e. The van der Waals surface area contributed by atoms with Crippen LogP contribution in [0.1, 0.15) is 43.6 Å². The van der Waals surface area contributed by atoms with Gasteiger partial charge in [-0.1, -0.05) is 29.4 Å². The Bertz CT molecular complexity index is 626. The van der Waals surface area contributed by atoms with E-state index in [2.05, 4.69) is 10.1 Å². The Balaban J connectivity index is 2.02. The van der Waals surface area contributed by atoms with Gasteiger partial charge in [0, 0.05) is 0 Å². The van der Waals surface area contributed by atoms with E-state index >= 15 is 0 Å². The Labute approximate surface area is 124 Å². The van der Waals surface area contributed by atoms with Gasteiger partial charge in [0.2, 0.25) is 5.89 Å². The first-order chi connectivity index (χ1) is 9.82. The van der Waals surface area contributed by atoms with Crippen LogP contribution in [0.2, 0.25) is 0 Å². The summed E-state index contributed by atoms with van der Waals surface area (Å²) >= 11 is 0. The minimum absolute atomic E-state index is 0.228. The molecule has 0 aliphatic heterocycles. The molecule has 0 spiro atoms. The van der Waals surface area contributed by atoms with Gasteiger partial charge in [0.15, 0.2) is 5.82 Å². The molecule has 0 saturated carbocycles. The lowest BCUT2D eigenvalue weighted by molar-refractivity contribution is -0.153. The molecule has 21 heavy (non-hydrogen) atoms. The summed E-state index contributed by atoms with van der Waals surface area (Å²) < 4.78 is 10.4. The molecule has 1 heterocycles. The summed E-state index contributed by atoms with van der Waals surface area (Å²) in [5.74, 6) is 0.963. The topological polar surface area (TPSA) is 65.2 Å². The highest BCUT2D eigenvalue weighted by Gasteiger charge is 2.16. The molecule has 2 rings (SSSR count). The first-order valence-electron chi connectivity index (χ1n) is 6.91. The third-order valence-electron chi connectivity index (χ3n) is 2.68.